The molecular formula is C39H64O12. The maximum Gasteiger partial charge on any atom is 0.187 e. The van der Waals surface area contributed by atoms with Gasteiger partial charge in [-0.05, 0) is 105 Å². The topological polar surface area (TPSA) is 177 Å². The molecule has 12 heteroatoms. The SMILES string of the molecule is C[C@H]1CC[C@@]2(OC1)O[C@H]1C[C@H]3[C@@H]4CC[C@@H]5C[C@@H](O)C[C@@H](O[C@@H]6O[C@H](C)[C@H](O)[C@H](O)[C@H]6O[C@@H]6O[C@@H](C)[C@H](O)[C@@H](O)[C@H]6O)[C@]5(C)[C@H]4CC[C@]3(C)[C@H]1[C@@H]2C. The van der Waals surface area contributed by atoms with Gasteiger partial charge in [0.25, 0.3) is 0 Å². The molecular weight excluding hydrogens is 660 g/mol. The van der Waals surface area contributed by atoms with E-state index in [1.165, 1.54) is 0 Å². The Morgan fingerprint density at radius 3 is 2.08 bits per heavy atom. The van der Waals surface area contributed by atoms with Crippen LogP contribution in [0.2, 0.25) is 0 Å². The van der Waals surface area contributed by atoms with Gasteiger partial charge in [0, 0.05) is 18.8 Å². The Balaban J connectivity index is 1.04. The molecule has 0 aromatic heterocycles. The van der Waals surface area contributed by atoms with Crippen LogP contribution in [0.4, 0.5) is 0 Å². The Morgan fingerprint density at radius 2 is 1.37 bits per heavy atom. The zero-order valence-electron chi connectivity index (χ0n) is 31.3. The van der Waals surface area contributed by atoms with Crippen molar-refractivity contribution in [3.8, 4) is 0 Å². The van der Waals surface area contributed by atoms with Gasteiger partial charge in [-0.3, -0.25) is 0 Å². The molecule has 0 radical (unpaired) electrons. The Morgan fingerprint density at radius 1 is 0.667 bits per heavy atom. The van der Waals surface area contributed by atoms with Gasteiger partial charge in [-0.15, -0.1) is 0 Å². The second-order valence-corrected chi connectivity index (χ2v) is 18.8. The van der Waals surface area contributed by atoms with Crippen molar-refractivity contribution in [2.24, 2.45) is 52.3 Å². The molecule has 4 saturated heterocycles. The van der Waals surface area contributed by atoms with Crippen LogP contribution in [-0.4, -0.2) is 123 Å². The molecule has 1 spiro atoms. The molecule has 292 valence electrons. The zero-order chi connectivity index (χ0) is 36.4. The number of fused-ring (bicyclic) bond motifs is 7. The summed E-state index contributed by atoms with van der Waals surface area (Å²) >= 11 is 0. The summed E-state index contributed by atoms with van der Waals surface area (Å²) in [4.78, 5) is 0. The highest BCUT2D eigenvalue weighted by atomic mass is 16.8. The molecule has 12 nitrogen and oxygen atoms in total. The summed E-state index contributed by atoms with van der Waals surface area (Å²) in [6.07, 6.45) is -4.83. The maximum atomic E-state index is 11.3. The minimum absolute atomic E-state index is 0.159. The van der Waals surface area contributed by atoms with E-state index in [-0.39, 0.29) is 22.9 Å². The first-order valence-electron chi connectivity index (χ1n) is 20.1. The minimum Gasteiger partial charge on any atom is -0.393 e. The number of hydrogen-bond acceptors (Lipinski definition) is 12. The van der Waals surface area contributed by atoms with Gasteiger partial charge in [0.1, 0.15) is 36.6 Å². The van der Waals surface area contributed by atoms with E-state index >= 15 is 0 Å². The molecule has 0 aromatic carbocycles. The first kappa shape index (κ1) is 37.4. The zero-order valence-corrected chi connectivity index (χ0v) is 31.3. The van der Waals surface area contributed by atoms with Gasteiger partial charge in [0.15, 0.2) is 18.4 Å². The first-order chi connectivity index (χ1) is 24.1. The molecule has 0 aromatic rings. The molecule has 4 saturated carbocycles. The maximum absolute atomic E-state index is 11.3. The molecule has 0 bridgehead atoms. The van der Waals surface area contributed by atoms with Crippen LogP contribution in [0.15, 0.2) is 0 Å². The molecule has 8 aliphatic rings. The second-order valence-electron chi connectivity index (χ2n) is 18.8. The highest BCUT2D eigenvalue weighted by molar-refractivity contribution is 5.16. The van der Waals surface area contributed by atoms with E-state index in [0.717, 1.165) is 51.6 Å². The van der Waals surface area contributed by atoms with Crippen LogP contribution in [0.1, 0.15) is 99.3 Å². The van der Waals surface area contributed by atoms with Crippen LogP contribution in [-0.2, 0) is 28.4 Å². The summed E-state index contributed by atoms with van der Waals surface area (Å²) in [6.45, 7) is 13.5. The third-order valence-electron chi connectivity index (χ3n) is 16.2. The van der Waals surface area contributed by atoms with Crippen molar-refractivity contribution in [2.45, 2.75) is 185 Å². The fourth-order valence-electron chi connectivity index (χ4n) is 13.2. The lowest BCUT2D eigenvalue weighted by Gasteiger charge is -2.63. The fraction of sp³-hybridized carbons (Fsp3) is 1.00. The van der Waals surface area contributed by atoms with Crippen LogP contribution in [0, 0.1) is 52.3 Å². The average molecular weight is 725 g/mol. The number of rotatable bonds is 4. The highest BCUT2D eigenvalue weighted by Gasteiger charge is 2.70. The van der Waals surface area contributed by atoms with E-state index in [4.69, 9.17) is 28.4 Å². The van der Waals surface area contributed by atoms with Gasteiger partial charge in [0.2, 0.25) is 0 Å². The molecule has 8 fully saturated rings. The van der Waals surface area contributed by atoms with Crippen molar-refractivity contribution in [2.75, 3.05) is 6.61 Å². The third kappa shape index (κ3) is 5.74. The molecule has 51 heavy (non-hydrogen) atoms. The van der Waals surface area contributed by atoms with Gasteiger partial charge in [-0.1, -0.05) is 27.7 Å². The van der Waals surface area contributed by atoms with E-state index in [1.54, 1.807) is 13.8 Å². The quantitative estimate of drug-likeness (QED) is 0.250. The monoisotopic (exact) mass is 724 g/mol. The van der Waals surface area contributed by atoms with Crippen LogP contribution < -0.4 is 0 Å². The molecule has 23 atom stereocenters. The predicted molar refractivity (Wildman–Crippen MR) is 182 cm³/mol. The van der Waals surface area contributed by atoms with Crippen LogP contribution in [0.5, 0.6) is 0 Å². The summed E-state index contributed by atoms with van der Waals surface area (Å²) in [5, 5.41) is 64.8. The van der Waals surface area contributed by atoms with E-state index in [0.29, 0.717) is 48.3 Å². The molecule has 8 rings (SSSR count). The highest BCUT2D eigenvalue weighted by Crippen LogP contribution is 2.71. The van der Waals surface area contributed by atoms with Crippen LogP contribution >= 0.6 is 0 Å². The number of ether oxygens (including phenoxy) is 6. The smallest absolute Gasteiger partial charge is 0.187 e. The Hall–Kier alpha value is -0.480. The number of hydrogen-bond donors (Lipinski definition) is 6. The largest absolute Gasteiger partial charge is 0.393 e. The molecule has 6 N–H and O–H groups in total. The number of aliphatic hydroxyl groups is 6. The molecule has 4 aliphatic carbocycles. The molecule has 4 heterocycles. The summed E-state index contributed by atoms with van der Waals surface area (Å²) in [5.41, 5.74) is -0.128. The third-order valence-corrected chi connectivity index (χ3v) is 16.2. The van der Waals surface area contributed by atoms with Crippen LogP contribution in [0.25, 0.3) is 0 Å². The fourth-order valence-corrected chi connectivity index (χ4v) is 13.2. The van der Waals surface area contributed by atoms with Crippen molar-refractivity contribution < 1.29 is 59.1 Å². The van der Waals surface area contributed by atoms with Gasteiger partial charge in [0.05, 0.1) is 37.1 Å². The summed E-state index contributed by atoms with van der Waals surface area (Å²) in [6, 6.07) is 0. The second kappa shape index (κ2) is 13.3. The molecule has 0 amide bonds. The normalized spacial score (nSPS) is 61.4. The Kier molecular flexibility index (Phi) is 9.79. The van der Waals surface area contributed by atoms with Crippen molar-refractivity contribution in [3.05, 3.63) is 0 Å². The number of aliphatic hydroxyl groups excluding tert-OH is 6. The lowest BCUT2D eigenvalue weighted by Crippen LogP contribution is -2.65. The molecule has 4 aliphatic heterocycles. The van der Waals surface area contributed by atoms with Crippen molar-refractivity contribution in [3.63, 3.8) is 0 Å². The minimum atomic E-state index is -1.60. The van der Waals surface area contributed by atoms with Gasteiger partial charge in [-0.2, -0.15) is 0 Å². The van der Waals surface area contributed by atoms with E-state index in [1.807, 2.05) is 0 Å². The molecule has 0 unspecified atom stereocenters. The summed E-state index contributed by atoms with van der Waals surface area (Å²) in [7, 11) is 0. The summed E-state index contributed by atoms with van der Waals surface area (Å²) < 4.78 is 38.5. The van der Waals surface area contributed by atoms with Gasteiger partial charge < -0.3 is 59.1 Å². The van der Waals surface area contributed by atoms with Crippen LogP contribution in [0.3, 0.4) is 0 Å². The Bertz CT molecular complexity index is 1260. The predicted octanol–water partition coefficient (Wildman–Crippen LogP) is 2.47. The lowest BCUT2D eigenvalue weighted by atomic mass is 9.43. The summed E-state index contributed by atoms with van der Waals surface area (Å²) in [5.74, 6) is 2.54. The van der Waals surface area contributed by atoms with Gasteiger partial charge >= 0.3 is 0 Å². The van der Waals surface area contributed by atoms with Crippen molar-refractivity contribution >= 4 is 0 Å². The standard InChI is InChI=1S/C39H64O12/c1-17-9-12-39(46-16-17)18(2)28-26(51-39)15-25-23-8-7-21-13-22(40)14-27(38(21,6)24(23)10-11-37(25,28)5)49-36-34(32(44)30(42)20(4)48-36)50-35-33(45)31(43)29(41)19(3)47-35/h17-36,40-45H,7-16H2,1-6H3/t17-,18-,19-,20+,21+,22+,23+,24-,25-,26-,27+,28-,29-,30-,31+,32-,33+,34+,35-,36-,37-,38-,39+/m0/s1. The first-order valence-corrected chi connectivity index (χ1v) is 20.1. The van der Waals surface area contributed by atoms with E-state index in [9.17, 15) is 30.6 Å². The van der Waals surface area contributed by atoms with E-state index < -0.39 is 79.4 Å². The Labute approximate surface area is 302 Å². The van der Waals surface area contributed by atoms with Crippen molar-refractivity contribution in [1.29, 1.82) is 0 Å². The van der Waals surface area contributed by atoms with Gasteiger partial charge in [-0.25, -0.2) is 0 Å². The lowest BCUT2D eigenvalue weighted by molar-refractivity contribution is -0.375. The average Bonchev–Trinajstić information content (AvgIpc) is 3.54. The van der Waals surface area contributed by atoms with Crippen molar-refractivity contribution in [1.82, 2.24) is 0 Å². The van der Waals surface area contributed by atoms with E-state index in [2.05, 4.69) is 27.7 Å².